The number of ether oxygens (including phenoxy) is 2. The minimum atomic E-state index is -1.14. The molecule has 0 aliphatic carbocycles. The Labute approximate surface area is 163 Å². The third-order valence-electron chi connectivity index (χ3n) is 4.34. The lowest BCUT2D eigenvalue weighted by Crippen LogP contribution is -2.25. The fourth-order valence-corrected chi connectivity index (χ4v) is 2.89. The molecule has 144 valence electrons. The van der Waals surface area contributed by atoms with Gasteiger partial charge in [0, 0.05) is 17.9 Å². The molecule has 2 aromatic carbocycles. The molecule has 28 heavy (non-hydrogen) atoms. The van der Waals surface area contributed by atoms with E-state index in [0.717, 1.165) is 0 Å². The Morgan fingerprint density at radius 1 is 1.00 bits per heavy atom. The van der Waals surface area contributed by atoms with Crippen LogP contribution < -0.4 is 0 Å². The van der Waals surface area contributed by atoms with Crippen molar-refractivity contribution in [3.63, 3.8) is 0 Å². The van der Waals surface area contributed by atoms with Crippen LogP contribution in [0.25, 0.3) is 0 Å². The van der Waals surface area contributed by atoms with Crippen LogP contribution in [0.1, 0.15) is 45.5 Å². The fraction of sp³-hybridized carbons (Fsp3) is 0.273. The van der Waals surface area contributed by atoms with E-state index in [0.29, 0.717) is 16.7 Å². The molecule has 0 amide bonds. The zero-order valence-corrected chi connectivity index (χ0v) is 15.8. The lowest BCUT2D eigenvalue weighted by molar-refractivity contribution is -0.146. The smallest absolute Gasteiger partial charge is 0.337 e. The second-order valence-corrected chi connectivity index (χ2v) is 6.07. The van der Waals surface area contributed by atoms with Crippen molar-refractivity contribution >= 4 is 17.7 Å². The van der Waals surface area contributed by atoms with Crippen molar-refractivity contribution in [2.24, 2.45) is 5.92 Å². The van der Waals surface area contributed by atoms with Crippen LogP contribution in [0.2, 0.25) is 0 Å². The van der Waals surface area contributed by atoms with Crippen molar-refractivity contribution in [2.45, 2.75) is 19.3 Å². The minimum absolute atomic E-state index is 0.0430. The van der Waals surface area contributed by atoms with Crippen LogP contribution in [0.15, 0.2) is 54.6 Å². The largest absolute Gasteiger partial charge is 0.465 e. The highest BCUT2D eigenvalue weighted by atomic mass is 16.5. The van der Waals surface area contributed by atoms with Gasteiger partial charge in [-0.05, 0) is 24.6 Å². The van der Waals surface area contributed by atoms with Gasteiger partial charge in [-0.1, -0.05) is 42.5 Å². The zero-order valence-electron chi connectivity index (χ0n) is 15.8. The third kappa shape index (κ3) is 5.04. The molecule has 0 fully saturated rings. The molecule has 0 N–H and O–H groups in total. The normalized spacial score (nSPS) is 12.3. The summed E-state index contributed by atoms with van der Waals surface area (Å²) in [7, 11) is 1.28. The standard InChI is InChI=1S/C22H21NO5/c1-3-28-22(26)19(14-23)18(13-20(24)16-7-5-4-6-8-16)15-9-11-17(12-10-15)21(25)27-2/h4-12,18-19H,3,13H2,1-2H3. The highest BCUT2D eigenvalue weighted by Gasteiger charge is 2.33. The van der Waals surface area contributed by atoms with Crippen LogP contribution in [-0.4, -0.2) is 31.4 Å². The van der Waals surface area contributed by atoms with Gasteiger partial charge < -0.3 is 9.47 Å². The number of carbonyl (C=O) groups is 3. The van der Waals surface area contributed by atoms with E-state index in [-0.39, 0.29) is 18.8 Å². The van der Waals surface area contributed by atoms with Crippen LogP contribution in [-0.2, 0) is 14.3 Å². The van der Waals surface area contributed by atoms with Gasteiger partial charge in [0.1, 0.15) is 0 Å². The van der Waals surface area contributed by atoms with Crippen LogP contribution >= 0.6 is 0 Å². The molecule has 0 saturated heterocycles. The van der Waals surface area contributed by atoms with Crippen molar-refractivity contribution in [1.82, 2.24) is 0 Å². The lowest BCUT2D eigenvalue weighted by Gasteiger charge is -2.21. The van der Waals surface area contributed by atoms with Crippen LogP contribution in [0.4, 0.5) is 0 Å². The molecule has 2 rings (SSSR count). The Kier molecular flexibility index (Phi) is 7.46. The highest BCUT2D eigenvalue weighted by molar-refractivity contribution is 5.97. The quantitative estimate of drug-likeness (QED) is 0.514. The average molecular weight is 379 g/mol. The molecule has 6 nitrogen and oxygen atoms in total. The molecule has 0 spiro atoms. The molecule has 0 aromatic heterocycles. The number of nitriles is 1. The fourth-order valence-electron chi connectivity index (χ4n) is 2.89. The summed E-state index contributed by atoms with van der Waals surface area (Å²) in [5.41, 5.74) is 1.43. The average Bonchev–Trinajstić information content (AvgIpc) is 2.73. The third-order valence-corrected chi connectivity index (χ3v) is 4.34. The minimum Gasteiger partial charge on any atom is -0.465 e. The molecule has 6 heteroatoms. The second kappa shape index (κ2) is 10.0. The van der Waals surface area contributed by atoms with Gasteiger partial charge >= 0.3 is 11.9 Å². The number of rotatable bonds is 8. The summed E-state index contributed by atoms with van der Waals surface area (Å²) in [6.45, 7) is 1.79. The maximum Gasteiger partial charge on any atom is 0.337 e. The summed E-state index contributed by atoms with van der Waals surface area (Å²) in [6.07, 6.45) is -0.0430. The Balaban J connectivity index is 2.37. The second-order valence-electron chi connectivity index (χ2n) is 6.07. The molecule has 2 aromatic rings. The maximum atomic E-state index is 12.7. The summed E-state index contributed by atoms with van der Waals surface area (Å²) < 4.78 is 9.70. The Morgan fingerprint density at radius 3 is 2.18 bits per heavy atom. The van der Waals surface area contributed by atoms with Crippen LogP contribution in [0.3, 0.4) is 0 Å². The summed E-state index contributed by atoms with van der Waals surface area (Å²) in [5.74, 6) is -3.20. The van der Waals surface area contributed by atoms with E-state index in [2.05, 4.69) is 4.74 Å². The number of hydrogen-bond acceptors (Lipinski definition) is 6. The summed E-state index contributed by atoms with van der Waals surface area (Å²) in [6, 6.07) is 17.0. The topological polar surface area (TPSA) is 93.5 Å². The van der Waals surface area contributed by atoms with E-state index in [1.165, 1.54) is 7.11 Å². The molecular weight excluding hydrogens is 358 g/mol. The number of Topliss-reactive ketones (excluding diaryl/α,β-unsaturated/α-hetero) is 1. The van der Waals surface area contributed by atoms with Gasteiger partial charge in [0.25, 0.3) is 0 Å². The first-order chi connectivity index (χ1) is 13.5. The number of nitrogens with zero attached hydrogens (tertiary/aromatic N) is 1. The van der Waals surface area contributed by atoms with Gasteiger partial charge in [-0.25, -0.2) is 4.79 Å². The molecule has 0 aliphatic heterocycles. The van der Waals surface area contributed by atoms with Crippen LogP contribution in [0.5, 0.6) is 0 Å². The number of methoxy groups -OCH3 is 1. The van der Waals surface area contributed by atoms with Crippen molar-refractivity contribution < 1.29 is 23.9 Å². The Morgan fingerprint density at radius 2 is 1.64 bits per heavy atom. The lowest BCUT2D eigenvalue weighted by atomic mass is 9.81. The molecule has 0 heterocycles. The summed E-state index contributed by atoms with van der Waals surface area (Å²) >= 11 is 0. The van der Waals surface area contributed by atoms with Crippen molar-refractivity contribution in [1.29, 1.82) is 5.26 Å². The number of ketones is 1. The SMILES string of the molecule is CCOC(=O)C(C#N)C(CC(=O)c1ccccc1)c1ccc(C(=O)OC)cc1. The van der Waals surface area contributed by atoms with Crippen molar-refractivity contribution in [3.8, 4) is 6.07 Å². The van der Waals surface area contributed by atoms with Gasteiger partial charge in [0.2, 0.25) is 0 Å². The van der Waals surface area contributed by atoms with E-state index in [1.54, 1.807) is 61.5 Å². The molecule has 2 unspecified atom stereocenters. The number of esters is 2. The Bertz CT molecular complexity index is 868. The van der Waals surface area contributed by atoms with E-state index < -0.39 is 23.8 Å². The monoisotopic (exact) mass is 379 g/mol. The van der Waals surface area contributed by atoms with Gasteiger partial charge in [0.15, 0.2) is 11.7 Å². The first kappa shape index (κ1) is 20.8. The predicted octanol–water partition coefficient (Wildman–Crippen LogP) is 3.53. The summed E-state index contributed by atoms with van der Waals surface area (Å²) in [4.78, 5) is 36.7. The van der Waals surface area contributed by atoms with Gasteiger partial charge in [-0.15, -0.1) is 0 Å². The first-order valence-electron chi connectivity index (χ1n) is 8.84. The van der Waals surface area contributed by atoms with E-state index in [4.69, 9.17) is 4.74 Å². The molecule has 0 bridgehead atoms. The van der Waals surface area contributed by atoms with Gasteiger partial charge in [-0.2, -0.15) is 5.26 Å². The predicted molar refractivity (Wildman–Crippen MR) is 102 cm³/mol. The van der Waals surface area contributed by atoms with Crippen molar-refractivity contribution in [2.75, 3.05) is 13.7 Å². The van der Waals surface area contributed by atoms with Crippen LogP contribution in [0, 0.1) is 17.2 Å². The molecule has 0 aliphatic rings. The Hall–Kier alpha value is -3.46. The first-order valence-corrected chi connectivity index (χ1v) is 8.84. The maximum absolute atomic E-state index is 12.7. The molecule has 0 saturated carbocycles. The highest BCUT2D eigenvalue weighted by Crippen LogP contribution is 2.31. The van der Waals surface area contributed by atoms with E-state index >= 15 is 0 Å². The van der Waals surface area contributed by atoms with Crippen molar-refractivity contribution in [3.05, 3.63) is 71.3 Å². The number of benzene rings is 2. The zero-order chi connectivity index (χ0) is 20.5. The number of hydrogen-bond donors (Lipinski definition) is 0. The van der Waals surface area contributed by atoms with Gasteiger partial charge in [0.05, 0.1) is 25.3 Å². The van der Waals surface area contributed by atoms with E-state index in [1.807, 2.05) is 6.07 Å². The molecule has 2 atom stereocenters. The number of carbonyl (C=O) groups excluding carboxylic acids is 3. The summed E-state index contributed by atoms with van der Waals surface area (Å²) in [5, 5.41) is 9.58. The van der Waals surface area contributed by atoms with E-state index in [9.17, 15) is 19.6 Å². The molecule has 0 radical (unpaired) electrons. The van der Waals surface area contributed by atoms with Gasteiger partial charge in [-0.3, -0.25) is 9.59 Å². The molecular formula is C22H21NO5.